The molecule has 0 saturated carbocycles. The van der Waals surface area contributed by atoms with Crippen molar-refractivity contribution < 1.29 is 14.3 Å². The number of carbonyl (C=O) groups excluding carboxylic acids is 1. The van der Waals surface area contributed by atoms with E-state index < -0.39 is 0 Å². The van der Waals surface area contributed by atoms with E-state index in [1.807, 2.05) is 78.9 Å². The van der Waals surface area contributed by atoms with Crippen LogP contribution in [0.1, 0.15) is 15.9 Å². The lowest BCUT2D eigenvalue weighted by Crippen LogP contribution is -2.14. The minimum atomic E-state index is -0.330. The first-order chi connectivity index (χ1) is 16.2. The normalized spacial score (nSPS) is 10.8. The molecule has 7 heteroatoms. The molecule has 0 spiro atoms. The molecule has 4 aromatic rings. The highest BCUT2D eigenvalue weighted by Crippen LogP contribution is 2.22. The lowest BCUT2D eigenvalue weighted by atomic mass is 10.2. The van der Waals surface area contributed by atoms with Crippen molar-refractivity contribution >= 4 is 17.9 Å². The van der Waals surface area contributed by atoms with Crippen LogP contribution in [0.3, 0.4) is 0 Å². The van der Waals surface area contributed by atoms with E-state index >= 15 is 0 Å². The molecular formula is C26H24N4O3. The van der Waals surface area contributed by atoms with Gasteiger partial charge in [-0.3, -0.25) is 4.79 Å². The summed E-state index contributed by atoms with van der Waals surface area (Å²) in [5, 5.41) is 7.70. The van der Waals surface area contributed by atoms with Gasteiger partial charge in [0.25, 0.3) is 5.91 Å². The molecule has 0 fully saturated rings. The van der Waals surface area contributed by atoms with E-state index in [0.717, 1.165) is 22.4 Å². The summed E-state index contributed by atoms with van der Waals surface area (Å²) in [6.45, 7) is 0.505. The Morgan fingerprint density at radius 2 is 1.67 bits per heavy atom. The molecule has 3 aromatic carbocycles. The lowest BCUT2D eigenvalue weighted by molar-refractivity contribution is 0.0957. The third-order valence-electron chi connectivity index (χ3n) is 5.00. The molecule has 0 bridgehead atoms. The maximum absolute atomic E-state index is 13.1. The number of methoxy groups -OCH3 is 2. The maximum atomic E-state index is 13.1. The van der Waals surface area contributed by atoms with Crippen LogP contribution in [0.2, 0.25) is 0 Å². The van der Waals surface area contributed by atoms with E-state index in [9.17, 15) is 4.79 Å². The van der Waals surface area contributed by atoms with Crippen molar-refractivity contribution in [2.24, 2.45) is 0 Å². The second kappa shape index (κ2) is 10.3. The number of hydrogen-bond acceptors (Lipinski definition) is 6. The fourth-order valence-corrected chi connectivity index (χ4v) is 3.26. The number of anilines is 1. The summed E-state index contributed by atoms with van der Waals surface area (Å²) >= 11 is 0. The van der Waals surface area contributed by atoms with E-state index in [0.29, 0.717) is 24.1 Å². The molecule has 0 saturated heterocycles. The zero-order valence-electron chi connectivity index (χ0n) is 18.4. The summed E-state index contributed by atoms with van der Waals surface area (Å²) in [6, 6.07) is 24.7. The van der Waals surface area contributed by atoms with Gasteiger partial charge >= 0.3 is 0 Å². The summed E-state index contributed by atoms with van der Waals surface area (Å²) in [6.07, 6.45) is 3.16. The second-order valence-electron chi connectivity index (χ2n) is 7.15. The van der Waals surface area contributed by atoms with Gasteiger partial charge in [-0.25, -0.2) is 0 Å². The van der Waals surface area contributed by atoms with Crippen molar-refractivity contribution in [1.82, 2.24) is 14.8 Å². The van der Waals surface area contributed by atoms with E-state index in [2.05, 4.69) is 15.4 Å². The van der Waals surface area contributed by atoms with E-state index in [1.54, 1.807) is 20.3 Å². The maximum Gasteiger partial charge on any atom is 0.274 e. The van der Waals surface area contributed by atoms with Gasteiger partial charge in [-0.2, -0.15) is 9.67 Å². The Hall–Kier alpha value is -4.39. The van der Waals surface area contributed by atoms with Crippen molar-refractivity contribution in [2.75, 3.05) is 19.5 Å². The standard InChI is InChI=1S/C26H24N4O3/c1-32-22-15-12-21(13-16-22)25-28-26(27-18-19-8-4-3-5-9-19)30(29-25)24(31)17-14-20-10-6-7-11-23(20)33-2/h3-17H,18H2,1-2H3,(H,27,28,29). The third-order valence-corrected chi connectivity index (χ3v) is 5.00. The molecule has 0 amide bonds. The van der Waals surface area contributed by atoms with Crippen molar-refractivity contribution in [3.05, 3.63) is 96.1 Å². The van der Waals surface area contributed by atoms with Crippen molar-refractivity contribution in [2.45, 2.75) is 6.54 Å². The molecule has 0 aliphatic heterocycles. The van der Waals surface area contributed by atoms with Crippen LogP contribution in [0, 0.1) is 0 Å². The minimum Gasteiger partial charge on any atom is -0.497 e. The van der Waals surface area contributed by atoms with Crippen LogP contribution < -0.4 is 14.8 Å². The van der Waals surface area contributed by atoms with Crippen LogP contribution >= 0.6 is 0 Å². The highest BCUT2D eigenvalue weighted by molar-refractivity contribution is 5.95. The average Bonchev–Trinajstić information content (AvgIpc) is 3.31. The third kappa shape index (κ3) is 5.27. The molecule has 0 radical (unpaired) electrons. The van der Waals surface area contributed by atoms with Gasteiger partial charge in [0.15, 0.2) is 5.82 Å². The highest BCUT2D eigenvalue weighted by atomic mass is 16.5. The Balaban J connectivity index is 1.64. The number of nitrogens with zero attached hydrogens (tertiary/aromatic N) is 3. The Morgan fingerprint density at radius 3 is 2.39 bits per heavy atom. The van der Waals surface area contributed by atoms with Crippen LogP contribution in [0.15, 0.2) is 84.9 Å². The van der Waals surface area contributed by atoms with Gasteiger partial charge in [-0.1, -0.05) is 48.5 Å². The van der Waals surface area contributed by atoms with Crippen LogP contribution in [0.25, 0.3) is 17.5 Å². The van der Waals surface area contributed by atoms with Crippen molar-refractivity contribution in [3.8, 4) is 22.9 Å². The molecule has 166 valence electrons. The number of nitrogens with one attached hydrogen (secondary N) is 1. The van der Waals surface area contributed by atoms with E-state index in [1.165, 1.54) is 10.8 Å². The van der Waals surface area contributed by atoms with Gasteiger partial charge in [0.2, 0.25) is 5.95 Å². The quantitative estimate of drug-likeness (QED) is 0.392. The number of rotatable bonds is 8. The lowest BCUT2D eigenvalue weighted by Gasteiger charge is -2.06. The highest BCUT2D eigenvalue weighted by Gasteiger charge is 2.16. The van der Waals surface area contributed by atoms with Crippen LogP contribution in [-0.2, 0) is 6.54 Å². The van der Waals surface area contributed by atoms with Crippen LogP contribution in [0.5, 0.6) is 11.5 Å². The molecule has 1 aromatic heterocycles. The molecule has 0 unspecified atom stereocenters. The smallest absolute Gasteiger partial charge is 0.274 e. The summed E-state index contributed by atoms with van der Waals surface area (Å²) < 4.78 is 11.8. The molecule has 0 aliphatic rings. The number of allylic oxidation sites excluding steroid dienone is 1. The number of aromatic nitrogens is 3. The van der Waals surface area contributed by atoms with Gasteiger partial charge in [0, 0.05) is 23.7 Å². The molecule has 1 heterocycles. The zero-order valence-corrected chi connectivity index (χ0v) is 18.4. The SMILES string of the molecule is COc1ccc(-c2nc(NCc3ccccc3)n(C(=O)C=Cc3ccccc3OC)n2)cc1. The van der Waals surface area contributed by atoms with Gasteiger partial charge in [0.05, 0.1) is 14.2 Å². The number of carbonyl (C=O) groups is 1. The number of para-hydroxylation sites is 1. The van der Waals surface area contributed by atoms with Gasteiger partial charge in [-0.05, 0) is 42.0 Å². The number of benzene rings is 3. The Labute approximate surface area is 192 Å². The zero-order chi connectivity index (χ0) is 23.0. The molecule has 7 nitrogen and oxygen atoms in total. The summed E-state index contributed by atoms with van der Waals surface area (Å²) in [5.41, 5.74) is 2.64. The Kier molecular flexibility index (Phi) is 6.80. The van der Waals surface area contributed by atoms with Gasteiger partial charge < -0.3 is 14.8 Å². The number of ether oxygens (including phenoxy) is 2. The van der Waals surface area contributed by atoms with Crippen molar-refractivity contribution in [1.29, 1.82) is 0 Å². The van der Waals surface area contributed by atoms with Crippen LogP contribution in [-0.4, -0.2) is 34.9 Å². The average molecular weight is 441 g/mol. The fourth-order valence-electron chi connectivity index (χ4n) is 3.26. The minimum absolute atomic E-state index is 0.330. The summed E-state index contributed by atoms with van der Waals surface area (Å²) in [5.74, 6) is 1.88. The molecule has 0 aliphatic carbocycles. The van der Waals surface area contributed by atoms with Crippen LogP contribution in [0.4, 0.5) is 5.95 Å². The van der Waals surface area contributed by atoms with E-state index in [4.69, 9.17) is 9.47 Å². The topological polar surface area (TPSA) is 78.3 Å². The summed E-state index contributed by atoms with van der Waals surface area (Å²) in [7, 11) is 3.21. The van der Waals surface area contributed by atoms with E-state index in [-0.39, 0.29) is 5.91 Å². The predicted octanol–water partition coefficient (Wildman–Crippen LogP) is 4.93. The molecule has 33 heavy (non-hydrogen) atoms. The summed E-state index contributed by atoms with van der Waals surface area (Å²) in [4.78, 5) is 17.6. The molecule has 1 N–H and O–H groups in total. The first-order valence-electron chi connectivity index (χ1n) is 10.4. The predicted molar refractivity (Wildman–Crippen MR) is 128 cm³/mol. The first-order valence-corrected chi connectivity index (χ1v) is 10.4. The second-order valence-corrected chi connectivity index (χ2v) is 7.15. The first kappa shape index (κ1) is 21.8. The largest absolute Gasteiger partial charge is 0.497 e. The van der Waals surface area contributed by atoms with Gasteiger partial charge in [-0.15, -0.1) is 5.10 Å². The monoisotopic (exact) mass is 440 g/mol. The Bertz CT molecular complexity index is 1250. The molecular weight excluding hydrogens is 416 g/mol. The number of hydrogen-bond donors (Lipinski definition) is 1. The molecule has 0 atom stereocenters. The Morgan fingerprint density at radius 1 is 0.939 bits per heavy atom. The molecule has 4 rings (SSSR count). The van der Waals surface area contributed by atoms with Gasteiger partial charge in [0.1, 0.15) is 11.5 Å². The van der Waals surface area contributed by atoms with Crippen molar-refractivity contribution in [3.63, 3.8) is 0 Å². The fraction of sp³-hybridized carbons (Fsp3) is 0.115.